The van der Waals surface area contributed by atoms with Crippen LogP contribution in [0.5, 0.6) is 0 Å². The molecule has 2 rings (SSSR count). The second-order valence-corrected chi connectivity index (χ2v) is 5.23. The van der Waals surface area contributed by atoms with Gasteiger partial charge in [-0.05, 0) is 13.8 Å². The highest BCUT2D eigenvalue weighted by molar-refractivity contribution is 7.13. The summed E-state index contributed by atoms with van der Waals surface area (Å²) in [7, 11) is 0. The number of carbonyl (C=O) groups is 1. The number of ether oxygens (including phenoxy) is 1. The summed E-state index contributed by atoms with van der Waals surface area (Å²) in [6.45, 7) is 6.06. The number of hydrogen-bond acceptors (Lipinski definition) is 5. The van der Waals surface area contributed by atoms with Crippen molar-refractivity contribution in [2.75, 3.05) is 25.0 Å². The normalized spacial score (nSPS) is 25.8. The fourth-order valence-corrected chi connectivity index (χ4v) is 2.61. The lowest BCUT2D eigenvalue weighted by Gasteiger charge is -2.34. The number of thiazole rings is 1. The van der Waals surface area contributed by atoms with Crippen LogP contribution in [-0.2, 0) is 9.53 Å². The highest BCUT2D eigenvalue weighted by Crippen LogP contribution is 2.12. The van der Waals surface area contributed by atoms with Crippen molar-refractivity contribution in [2.45, 2.75) is 26.1 Å². The van der Waals surface area contributed by atoms with E-state index < -0.39 is 0 Å². The number of rotatable bonds is 3. The van der Waals surface area contributed by atoms with E-state index in [-0.39, 0.29) is 18.1 Å². The van der Waals surface area contributed by atoms with Gasteiger partial charge in [-0.3, -0.25) is 9.69 Å². The number of nitrogens with zero attached hydrogens (tertiary/aromatic N) is 2. The molecule has 5 nitrogen and oxygen atoms in total. The Morgan fingerprint density at radius 3 is 2.88 bits per heavy atom. The molecular formula is C11H17N3O2S. The van der Waals surface area contributed by atoms with E-state index in [0.29, 0.717) is 11.7 Å². The standard InChI is InChI=1S/C11H17N3O2S/c1-8-5-14(6-9(2)16-8)7-10(15)13-11-12-3-4-17-11/h3-4,8-9H,5-7H2,1-2H3,(H,12,13,15). The predicted octanol–water partition coefficient (Wildman–Crippen LogP) is 1.19. The van der Waals surface area contributed by atoms with Crippen molar-refractivity contribution in [1.82, 2.24) is 9.88 Å². The summed E-state index contributed by atoms with van der Waals surface area (Å²) in [5, 5.41) is 5.28. The summed E-state index contributed by atoms with van der Waals surface area (Å²) in [4.78, 5) is 17.9. The minimum atomic E-state index is -0.0127. The molecule has 17 heavy (non-hydrogen) atoms. The first-order valence-corrected chi connectivity index (χ1v) is 6.58. The Morgan fingerprint density at radius 2 is 2.29 bits per heavy atom. The quantitative estimate of drug-likeness (QED) is 0.881. The molecule has 1 aromatic rings. The van der Waals surface area contributed by atoms with Gasteiger partial charge < -0.3 is 10.1 Å². The average molecular weight is 255 g/mol. The minimum Gasteiger partial charge on any atom is -0.373 e. The summed E-state index contributed by atoms with van der Waals surface area (Å²) < 4.78 is 5.62. The molecule has 1 N–H and O–H groups in total. The van der Waals surface area contributed by atoms with E-state index >= 15 is 0 Å². The third-order valence-electron chi connectivity index (χ3n) is 2.54. The van der Waals surface area contributed by atoms with Gasteiger partial charge in [-0.25, -0.2) is 4.98 Å². The molecule has 1 aliphatic heterocycles. The number of hydrogen-bond donors (Lipinski definition) is 1. The van der Waals surface area contributed by atoms with Crippen molar-refractivity contribution < 1.29 is 9.53 Å². The van der Waals surface area contributed by atoms with E-state index in [4.69, 9.17) is 4.74 Å². The number of aromatic nitrogens is 1. The zero-order valence-corrected chi connectivity index (χ0v) is 10.9. The second kappa shape index (κ2) is 5.57. The van der Waals surface area contributed by atoms with Crippen molar-refractivity contribution in [3.8, 4) is 0 Å². The molecule has 0 aliphatic carbocycles. The van der Waals surface area contributed by atoms with E-state index in [1.165, 1.54) is 11.3 Å². The van der Waals surface area contributed by atoms with Gasteiger partial charge in [0.1, 0.15) is 0 Å². The summed E-state index contributed by atoms with van der Waals surface area (Å²) in [6.07, 6.45) is 2.05. The average Bonchev–Trinajstić information content (AvgIpc) is 2.67. The maximum atomic E-state index is 11.8. The highest BCUT2D eigenvalue weighted by Gasteiger charge is 2.23. The van der Waals surface area contributed by atoms with E-state index in [9.17, 15) is 4.79 Å². The van der Waals surface area contributed by atoms with Gasteiger partial charge in [0.25, 0.3) is 0 Å². The van der Waals surface area contributed by atoms with Gasteiger partial charge in [0.2, 0.25) is 5.91 Å². The fourth-order valence-electron chi connectivity index (χ4n) is 2.06. The molecule has 0 bridgehead atoms. The third-order valence-corrected chi connectivity index (χ3v) is 3.23. The molecule has 0 saturated carbocycles. The lowest BCUT2D eigenvalue weighted by Crippen LogP contribution is -2.48. The first-order chi connectivity index (χ1) is 8.13. The molecule has 1 saturated heterocycles. The molecule has 1 amide bonds. The molecule has 0 radical (unpaired) electrons. The van der Waals surface area contributed by atoms with Gasteiger partial charge >= 0.3 is 0 Å². The summed E-state index contributed by atoms with van der Waals surface area (Å²) >= 11 is 1.43. The number of morpholine rings is 1. The fraction of sp³-hybridized carbons (Fsp3) is 0.636. The Bertz CT molecular complexity index is 359. The minimum absolute atomic E-state index is 0.0127. The molecule has 1 fully saturated rings. The van der Waals surface area contributed by atoms with E-state index in [0.717, 1.165) is 13.1 Å². The molecule has 2 unspecified atom stereocenters. The van der Waals surface area contributed by atoms with Crippen LogP contribution in [0.15, 0.2) is 11.6 Å². The molecular weight excluding hydrogens is 238 g/mol. The predicted molar refractivity (Wildman–Crippen MR) is 67.2 cm³/mol. The molecule has 0 aromatic carbocycles. The maximum absolute atomic E-state index is 11.8. The topological polar surface area (TPSA) is 54.5 Å². The molecule has 6 heteroatoms. The van der Waals surface area contributed by atoms with Gasteiger partial charge in [-0.2, -0.15) is 0 Å². The molecule has 0 spiro atoms. The maximum Gasteiger partial charge on any atom is 0.240 e. The first kappa shape index (κ1) is 12.5. The van der Waals surface area contributed by atoms with Gasteiger partial charge in [-0.15, -0.1) is 11.3 Å². The van der Waals surface area contributed by atoms with Gasteiger partial charge in [0, 0.05) is 24.7 Å². The molecule has 1 aromatic heterocycles. The SMILES string of the molecule is CC1CN(CC(=O)Nc2nccs2)CC(C)O1. The molecule has 1 aliphatic rings. The van der Waals surface area contributed by atoms with Crippen LogP contribution in [-0.4, -0.2) is 47.6 Å². The van der Waals surface area contributed by atoms with Crippen LogP contribution in [0, 0.1) is 0 Å². The zero-order valence-electron chi connectivity index (χ0n) is 10.0. The first-order valence-electron chi connectivity index (χ1n) is 5.70. The molecule has 2 heterocycles. The van der Waals surface area contributed by atoms with Crippen LogP contribution in [0.3, 0.4) is 0 Å². The van der Waals surface area contributed by atoms with E-state index in [2.05, 4.69) is 15.2 Å². The lowest BCUT2D eigenvalue weighted by atomic mass is 10.2. The van der Waals surface area contributed by atoms with Crippen molar-refractivity contribution in [1.29, 1.82) is 0 Å². The largest absolute Gasteiger partial charge is 0.373 e. The number of amides is 1. The zero-order chi connectivity index (χ0) is 12.3. The van der Waals surface area contributed by atoms with E-state index in [1.54, 1.807) is 6.20 Å². The Labute approximate surface area is 105 Å². The Balaban J connectivity index is 1.82. The van der Waals surface area contributed by atoms with Crippen molar-refractivity contribution >= 4 is 22.4 Å². The number of anilines is 1. The number of carbonyl (C=O) groups excluding carboxylic acids is 1. The van der Waals surface area contributed by atoms with Crippen molar-refractivity contribution in [2.24, 2.45) is 0 Å². The van der Waals surface area contributed by atoms with Crippen LogP contribution >= 0.6 is 11.3 Å². The second-order valence-electron chi connectivity index (χ2n) is 4.34. The monoisotopic (exact) mass is 255 g/mol. The smallest absolute Gasteiger partial charge is 0.240 e. The van der Waals surface area contributed by atoms with Crippen LogP contribution in [0.4, 0.5) is 5.13 Å². The van der Waals surface area contributed by atoms with Crippen molar-refractivity contribution in [3.05, 3.63) is 11.6 Å². The van der Waals surface area contributed by atoms with Gasteiger partial charge in [-0.1, -0.05) is 0 Å². The Kier molecular flexibility index (Phi) is 4.09. The van der Waals surface area contributed by atoms with Crippen molar-refractivity contribution in [3.63, 3.8) is 0 Å². The summed E-state index contributed by atoms with van der Waals surface area (Å²) in [5.41, 5.74) is 0. The summed E-state index contributed by atoms with van der Waals surface area (Å²) in [5.74, 6) is -0.0127. The van der Waals surface area contributed by atoms with Crippen LogP contribution in [0.2, 0.25) is 0 Å². The Morgan fingerprint density at radius 1 is 1.59 bits per heavy atom. The summed E-state index contributed by atoms with van der Waals surface area (Å²) in [6, 6.07) is 0. The third kappa shape index (κ3) is 3.76. The van der Waals surface area contributed by atoms with Crippen LogP contribution in [0.25, 0.3) is 0 Å². The van der Waals surface area contributed by atoms with Crippen LogP contribution < -0.4 is 5.32 Å². The Hall–Kier alpha value is -0.980. The van der Waals surface area contributed by atoms with E-state index in [1.807, 2.05) is 19.2 Å². The van der Waals surface area contributed by atoms with Crippen LogP contribution in [0.1, 0.15) is 13.8 Å². The highest BCUT2D eigenvalue weighted by atomic mass is 32.1. The molecule has 2 atom stereocenters. The molecule has 94 valence electrons. The number of nitrogens with one attached hydrogen (secondary N) is 1. The lowest BCUT2D eigenvalue weighted by molar-refractivity contribution is -0.121. The van der Waals surface area contributed by atoms with Gasteiger partial charge in [0.05, 0.1) is 18.8 Å². The van der Waals surface area contributed by atoms with Gasteiger partial charge in [0.15, 0.2) is 5.13 Å².